The zero-order valence-corrected chi connectivity index (χ0v) is 11.8. The third-order valence-corrected chi connectivity index (χ3v) is 2.54. The van der Waals surface area contributed by atoms with Gasteiger partial charge in [-0.2, -0.15) is 0 Å². The van der Waals surface area contributed by atoms with Gasteiger partial charge in [0.2, 0.25) is 0 Å². The van der Waals surface area contributed by atoms with Gasteiger partial charge in [-0.3, -0.25) is 4.79 Å². The van der Waals surface area contributed by atoms with Gasteiger partial charge in [0.25, 0.3) is 0 Å². The van der Waals surface area contributed by atoms with Gasteiger partial charge in [0.05, 0.1) is 32.3 Å². The van der Waals surface area contributed by atoms with Gasteiger partial charge >= 0.3 is 11.9 Å². The summed E-state index contributed by atoms with van der Waals surface area (Å²) < 4.78 is 14.7. The molecule has 0 radical (unpaired) electrons. The number of methoxy groups -OCH3 is 1. The fraction of sp³-hybridized carbons (Fsp3) is 0.429. The maximum Gasteiger partial charge on any atom is 0.338 e. The van der Waals surface area contributed by atoms with E-state index in [-0.39, 0.29) is 36.7 Å². The van der Waals surface area contributed by atoms with Crippen LogP contribution in [0.4, 0.5) is 0 Å². The lowest BCUT2D eigenvalue weighted by Crippen LogP contribution is -2.13. The second-order valence-electron chi connectivity index (χ2n) is 3.88. The van der Waals surface area contributed by atoms with Gasteiger partial charge in [0.15, 0.2) is 11.5 Å². The van der Waals surface area contributed by atoms with Gasteiger partial charge in [0.1, 0.15) is 0 Å². The monoisotopic (exact) mass is 282 g/mol. The number of carbonyl (C=O) groups is 2. The fourth-order valence-electron chi connectivity index (χ4n) is 1.69. The smallest absolute Gasteiger partial charge is 0.338 e. The molecular weight excluding hydrogens is 264 g/mol. The molecule has 1 aromatic carbocycles. The summed E-state index contributed by atoms with van der Waals surface area (Å²) in [6, 6.07) is 2.66. The molecule has 0 unspecified atom stereocenters. The molecule has 0 atom stereocenters. The summed E-state index contributed by atoms with van der Waals surface area (Å²) in [5, 5.41) is 9.72. The number of carbonyl (C=O) groups excluding carboxylic acids is 2. The molecule has 1 N–H and O–H groups in total. The molecule has 20 heavy (non-hydrogen) atoms. The van der Waals surface area contributed by atoms with E-state index in [9.17, 15) is 14.7 Å². The number of phenolic OH excluding ortho intramolecular Hbond substituents is 1. The highest BCUT2D eigenvalue weighted by atomic mass is 16.5. The summed E-state index contributed by atoms with van der Waals surface area (Å²) in [6.07, 6.45) is -0.0986. The maximum atomic E-state index is 11.8. The summed E-state index contributed by atoms with van der Waals surface area (Å²) in [6.45, 7) is 3.82. The summed E-state index contributed by atoms with van der Waals surface area (Å²) in [4.78, 5) is 23.4. The average molecular weight is 282 g/mol. The van der Waals surface area contributed by atoms with E-state index in [0.717, 1.165) is 0 Å². The highest BCUT2D eigenvalue weighted by Crippen LogP contribution is 2.30. The van der Waals surface area contributed by atoms with Crippen LogP contribution < -0.4 is 4.74 Å². The van der Waals surface area contributed by atoms with Crippen molar-refractivity contribution >= 4 is 11.9 Å². The minimum Gasteiger partial charge on any atom is -0.504 e. The van der Waals surface area contributed by atoms with Crippen LogP contribution in [0.15, 0.2) is 12.1 Å². The quantitative estimate of drug-likeness (QED) is 0.799. The molecule has 6 nitrogen and oxygen atoms in total. The lowest BCUT2D eigenvalue weighted by Gasteiger charge is -2.12. The molecule has 110 valence electrons. The number of hydrogen-bond acceptors (Lipinski definition) is 6. The summed E-state index contributed by atoms with van der Waals surface area (Å²) in [5.74, 6) is -1.09. The summed E-state index contributed by atoms with van der Waals surface area (Å²) >= 11 is 0. The zero-order chi connectivity index (χ0) is 15.1. The molecule has 0 fully saturated rings. The molecule has 1 aromatic rings. The second kappa shape index (κ2) is 7.37. The second-order valence-corrected chi connectivity index (χ2v) is 3.88. The molecule has 0 aliphatic carbocycles. The van der Waals surface area contributed by atoms with E-state index in [0.29, 0.717) is 5.56 Å². The van der Waals surface area contributed by atoms with Crippen molar-refractivity contribution in [1.29, 1.82) is 0 Å². The molecule has 0 amide bonds. The topological polar surface area (TPSA) is 82.1 Å². The third-order valence-electron chi connectivity index (χ3n) is 2.54. The van der Waals surface area contributed by atoms with E-state index < -0.39 is 11.9 Å². The Labute approximate surface area is 117 Å². The van der Waals surface area contributed by atoms with Crippen molar-refractivity contribution in [2.75, 3.05) is 20.3 Å². The fourth-order valence-corrected chi connectivity index (χ4v) is 1.69. The van der Waals surface area contributed by atoms with Crippen LogP contribution in [0.25, 0.3) is 0 Å². The largest absolute Gasteiger partial charge is 0.504 e. The molecular formula is C14H18O6. The molecule has 0 aliphatic heterocycles. The predicted molar refractivity (Wildman–Crippen MR) is 71.0 cm³/mol. The van der Waals surface area contributed by atoms with Gasteiger partial charge in [-0.25, -0.2) is 4.79 Å². The van der Waals surface area contributed by atoms with Gasteiger partial charge in [0, 0.05) is 0 Å². The predicted octanol–water partition coefficient (Wildman–Crippen LogP) is 1.68. The minimum atomic E-state index is -0.607. The Hall–Kier alpha value is -2.24. The van der Waals surface area contributed by atoms with Gasteiger partial charge < -0.3 is 19.3 Å². The first-order valence-electron chi connectivity index (χ1n) is 6.26. The maximum absolute atomic E-state index is 11.8. The van der Waals surface area contributed by atoms with Crippen LogP contribution in [-0.4, -0.2) is 37.4 Å². The summed E-state index contributed by atoms with van der Waals surface area (Å²) in [5.41, 5.74) is 0.509. The van der Waals surface area contributed by atoms with E-state index in [1.807, 2.05) is 0 Å². The lowest BCUT2D eigenvalue weighted by molar-refractivity contribution is -0.142. The number of ether oxygens (including phenoxy) is 3. The Kier molecular flexibility index (Phi) is 5.83. The molecule has 0 aromatic heterocycles. The van der Waals surface area contributed by atoms with Crippen molar-refractivity contribution < 1.29 is 28.9 Å². The standard InChI is InChI=1S/C14H18O6/c1-4-19-13(16)7-9-6-12(18-3)11(15)8-10(9)14(17)20-5-2/h6,8,15H,4-5,7H2,1-3H3. The van der Waals surface area contributed by atoms with Crippen molar-refractivity contribution in [2.24, 2.45) is 0 Å². The lowest BCUT2D eigenvalue weighted by atomic mass is 10.0. The van der Waals surface area contributed by atoms with Gasteiger partial charge in [-0.05, 0) is 31.5 Å². The van der Waals surface area contributed by atoms with Crippen LogP contribution in [0.2, 0.25) is 0 Å². The Morgan fingerprint density at radius 3 is 2.35 bits per heavy atom. The van der Waals surface area contributed by atoms with E-state index in [4.69, 9.17) is 14.2 Å². The van der Waals surface area contributed by atoms with Crippen molar-refractivity contribution in [3.63, 3.8) is 0 Å². The summed E-state index contributed by atoms with van der Waals surface area (Å²) in [7, 11) is 1.38. The number of esters is 2. The highest BCUT2D eigenvalue weighted by Gasteiger charge is 2.19. The molecule has 0 saturated carbocycles. The van der Waals surface area contributed by atoms with Crippen molar-refractivity contribution in [2.45, 2.75) is 20.3 Å². The Morgan fingerprint density at radius 2 is 1.80 bits per heavy atom. The molecule has 6 heteroatoms. The van der Waals surface area contributed by atoms with Crippen molar-refractivity contribution in [3.8, 4) is 11.5 Å². The normalized spacial score (nSPS) is 9.95. The van der Waals surface area contributed by atoms with Crippen molar-refractivity contribution in [1.82, 2.24) is 0 Å². The third kappa shape index (κ3) is 3.88. The first-order valence-corrected chi connectivity index (χ1v) is 6.26. The van der Waals surface area contributed by atoms with Crippen LogP contribution in [0.5, 0.6) is 11.5 Å². The first kappa shape index (κ1) is 15.8. The first-order chi connectivity index (χ1) is 9.53. The van der Waals surface area contributed by atoms with Crippen LogP contribution in [0, 0.1) is 0 Å². The number of aromatic hydroxyl groups is 1. The van der Waals surface area contributed by atoms with E-state index in [1.54, 1.807) is 13.8 Å². The molecule has 0 heterocycles. The molecule has 1 rings (SSSR count). The SMILES string of the molecule is CCOC(=O)Cc1cc(OC)c(O)cc1C(=O)OCC. The molecule has 0 aliphatic rings. The zero-order valence-electron chi connectivity index (χ0n) is 11.8. The van der Waals surface area contributed by atoms with Gasteiger partial charge in [-0.15, -0.1) is 0 Å². The van der Waals surface area contributed by atoms with Crippen LogP contribution >= 0.6 is 0 Å². The molecule has 0 spiro atoms. The minimum absolute atomic E-state index is 0.0986. The van der Waals surface area contributed by atoms with E-state index in [1.165, 1.54) is 19.2 Å². The van der Waals surface area contributed by atoms with Crippen LogP contribution in [0.1, 0.15) is 29.8 Å². The molecule has 0 saturated heterocycles. The highest BCUT2D eigenvalue weighted by molar-refractivity contribution is 5.93. The van der Waals surface area contributed by atoms with E-state index in [2.05, 4.69) is 0 Å². The Morgan fingerprint density at radius 1 is 1.15 bits per heavy atom. The van der Waals surface area contributed by atoms with Gasteiger partial charge in [-0.1, -0.05) is 0 Å². The average Bonchev–Trinajstić information content (AvgIpc) is 2.40. The Bertz CT molecular complexity index is 495. The Balaban J connectivity index is 3.15. The van der Waals surface area contributed by atoms with Crippen LogP contribution in [-0.2, 0) is 20.7 Å². The van der Waals surface area contributed by atoms with E-state index >= 15 is 0 Å². The number of benzene rings is 1. The van der Waals surface area contributed by atoms with Crippen LogP contribution in [0.3, 0.4) is 0 Å². The number of hydrogen-bond donors (Lipinski definition) is 1. The number of phenols is 1. The molecule has 0 bridgehead atoms. The number of rotatable bonds is 6. The van der Waals surface area contributed by atoms with Crippen molar-refractivity contribution in [3.05, 3.63) is 23.3 Å².